The maximum absolute atomic E-state index is 12.3. The van der Waals surface area contributed by atoms with Crippen LogP contribution in [-0.4, -0.2) is 24.0 Å². The fraction of sp³-hybridized carbons (Fsp3) is 0.217. The van der Waals surface area contributed by atoms with Gasteiger partial charge in [0.25, 0.3) is 5.91 Å². The van der Waals surface area contributed by atoms with E-state index in [9.17, 15) is 4.79 Å². The zero-order valence-electron chi connectivity index (χ0n) is 15.4. The Labute approximate surface area is 160 Å². The van der Waals surface area contributed by atoms with E-state index in [1.165, 1.54) is 11.1 Å². The minimum atomic E-state index is -0.0913. The smallest absolute Gasteiger partial charge is 0.252 e. The number of anilines is 1. The van der Waals surface area contributed by atoms with Crippen molar-refractivity contribution in [3.8, 4) is 0 Å². The van der Waals surface area contributed by atoms with E-state index in [1.54, 1.807) is 12.4 Å². The van der Waals surface area contributed by atoms with Crippen molar-refractivity contribution in [2.75, 3.05) is 18.4 Å². The molecule has 0 atom stereocenters. The summed E-state index contributed by atoms with van der Waals surface area (Å²) in [5.41, 5.74) is 4.00. The zero-order valence-corrected chi connectivity index (χ0v) is 15.4. The van der Waals surface area contributed by atoms with Gasteiger partial charge in [0, 0.05) is 25.5 Å². The number of nitrogens with one attached hydrogen (secondary N) is 2. The van der Waals surface area contributed by atoms with E-state index in [-0.39, 0.29) is 5.91 Å². The highest BCUT2D eigenvalue weighted by Gasteiger charge is 2.06. The predicted octanol–water partition coefficient (Wildman–Crippen LogP) is 4.10. The van der Waals surface area contributed by atoms with E-state index < -0.39 is 0 Å². The molecule has 1 amide bonds. The quantitative estimate of drug-likeness (QED) is 0.566. The molecule has 1 heterocycles. The number of aromatic nitrogens is 1. The molecule has 0 saturated heterocycles. The minimum absolute atomic E-state index is 0.0913. The Morgan fingerprint density at radius 1 is 0.815 bits per heavy atom. The van der Waals surface area contributed by atoms with Crippen LogP contribution in [0.3, 0.4) is 0 Å². The first kappa shape index (κ1) is 18.6. The molecule has 138 valence electrons. The van der Waals surface area contributed by atoms with Gasteiger partial charge in [0.15, 0.2) is 0 Å². The molecule has 0 saturated carbocycles. The maximum Gasteiger partial charge on any atom is 0.252 e. The number of pyridine rings is 1. The number of carbonyl (C=O) groups excluding carboxylic acids is 1. The first-order chi connectivity index (χ1) is 13.3. The van der Waals surface area contributed by atoms with Crippen LogP contribution >= 0.6 is 0 Å². The standard InChI is InChI=1S/C23H25N3O/c27-23(26-15-13-20-10-5-2-6-11-20)21-16-22(18-24-17-21)25-14-7-12-19-8-3-1-4-9-19/h1-6,8-11,16-18,25H,7,12-15H2,(H,26,27). The molecule has 3 rings (SSSR count). The molecule has 27 heavy (non-hydrogen) atoms. The largest absolute Gasteiger partial charge is 0.384 e. The number of rotatable bonds is 9. The van der Waals surface area contributed by atoms with Crippen molar-refractivity contribution in [2.24, 2.45) is 0 Å². The number of hydrogen-bond acceptors (Lipinski definition) is 3. The highest BCUT2D eigenvalue weighted by Crippen LogP contribution is 2.09. The van der Waals surface area contributed by atoms with E-state index in [1.807, 2.05) is 30.3 Å². The Bertz CT molecular complexity index is 835. The van der Waals surface area contributed by atoms with Gasteiger partial charge in [-0.05, 0) is 36.5 Å². The van der Waals surface area contributed by atoms with E-state index in [0.29, 0.717) is 12.1 Å². The van der Waals surface area contributed by atoms with E-state index in [2.05, 4.69) is 52.0 Å². The topological polar surface area (TPSA) is 54.0 Å². The van der Waals surface area contributed by atoms with Crippen molar-refractivity contribution >= 4 is 11.6 Å². The molecule has 0 bridgehead atoms. The van der Waals surface area contributed by atoms with Gasteiger partial charge in [-0.25, -0.2) is 0 Å². The average Bonchev–Trinajstić information content (AvgIpc) is 2.73. The lowest BCUT2D eigenvalue weighted by Crippen LogP contribution is -2.25. The molecule has 4 nitrogen and oxygen atoms in total. The Morgan fingerprint density at radius 3 is 2.19 bits per heavy atom. The van der Waals surface area contributed by atoms with Crippen molar-refractivity contribution in [3.63, 3.8) is 0 Å². The molecular formula is C23H25N3O. The van der Waals surface area contributed by atoms with Gasteiger partial charge >= 0.3 is 0 Å². The van der Waals surface area contributed by atoms with Crippen molar-refractivity contribution < 1.29 is 4.79 Å². The highest BCUT2D eigenvalue weighted by atomic mass is 16.1. The summed E-state index contributed by atoms with van der Waals surface area (Å²) in [5.74, 6) is -0.0913. The third kappa shape index (κ3) is 6.26. The molecule has 3 aromatic rings. The number of aryl methyl sites for hydroxylation is 1. The highest BCUT2D eigenvalue weighted by molar-refractivity contribution is 5.94. The molecule has 0 aliphatic rings. The second kappa shape index (κ2) is 10.1. The third-order valence-corrected chi connectivity index (χ3v) is 4.36. The molecule has 2 N–H and O–H groups in total. The van der Waals surface area contributed by atoms with Crippen LogP contribution in [0.25, 0.3) is 0 Å². The van der Waals surface area contributed by atoms with Crippen LogP contribution in [-0.2, 0) is 12.8 Å². The SMILES string of the molecule is O=C(NCCc1ccccc1)c1cncc(NCCCc2ccccc2)c1. The molecule has 0 aliphatic heterocycles. The normalized spacial score (nSPS) is 10.4. The van der Waals surface area contributed by atoms with Gasteiger partial charge in [-0.2, -0.15) is 0 Å². The first-order valence-corrected chi connectivity index (χ1v) is 9.36. The first-order valence-electron chi connectivity index (χ1n) is 9.36. The number of nitrogens with zero attached hydrogens (tertiary/aromatic N) is 1. The second-order valence-electron chi connectivity index (χ2n) is 6.47. The summed E-state index contributed by atoms with van der Waals surface area (Å²) in [5, 5.41) is 6.31. The number of carbonyl (C=O) groups is 1. The van der Waals surface area contributed by atoms with Gasteiger partial charge in [0.2, 0.25) is 0 Å². The van der Waals surface area contributed by atoms with Crippen molar-refractivity contribution in [1.29, 1.82) is 0 Å². The van der Waals surface area contributed by atoms with E-state index in [4.69, 9.17) is 0 Å². The summed E-state index contributed by atoms with van der Waals surface area (Å²) in [4.78, 5) is 16.5. The van der Waals surface area contributed by atoms with Crippen molar-refractivity contribution in [1.82, 2.24) is 10.3 Å². The summed E-state index contributed by atoms with van der Waals surface area (Å²) in [6.07, 6.45) is 6.23. The average molecular weight is 359 g/mol. The molecule has 0 aliphatic carbocycles. The van der Waals surface area contributed by atoms with Gasteiger partial charge in [0.05, 0.1) is 11.3 Å². The van der Waals surface area contributed by atoms with Crippen LogP contribution in [0.4, 0.5) is 5.69 Å². The zero-order chi connectivity index (χ0) is 18.7. The van der Waals surface area contributed by atoms with Crippen LogP contribution in [0, 0.1) is 0 Å². The predicted molar refractivity (Wildman–Crippen MR) is 110 cm³/mol. The number of benzene rings is 2. The Morgan fingerprint density at radius 2 is 1.48 bits per heavy atom. The maximum atomic E-state index is 12.3. The molecule has 1 aromatic heterocycles. The van der Waals surface area contributed by atoms with Gasteiger partial charge in [-0.1, -0.05) is 60.7 Å². The lowest BCUT2D eigenvalue weighted by molar-refractivity contribution is 0.0954. The van der Waals surface area contributed by atoms with Crippen LogP contribution in [0.15, 0.2) is 79.1 Å². The van der Waals surface area contributed by atoms with E-state index >= 15 is 0 Å². The fourth-order valence-corrected chi connectivity index (χ4v) is 2.90. The van der Waals surface area contributed by atoms with Gasteiger partial charge in [0.1, 0.15) is 0 Å². The number of amides is 1. The summed E-state index contributed by atoms with van der Waals surface area (Å²) in [6.45, 7) is 1.45. The van der Waals surface area contributed by atoms with Crippen molar-refractivity contribution in [2.45, 2.75) is 19.3 Å². The summed E-state index contributed by atoms with van der Waals surface area (Å²) in [7, 11) is 0. The third-order valence-electron chi connectivity index (χ3n) is 4.36. The lowest BCUT2D eigenvalue weighted by atomic mass is 10.1. The Hall–Kier alpha value is -3.14. The fourth-order valence-electron chi connectivity index (χ4n) is 2.90. The van der Waals surface area contributed by atoms with Gasteiger partial charge in [-0.15, -0.1) is 0 Å². The van der Waals surface area contributed by atoms with Crippen LogP contribution in [0.2, 0.25) is 0 Å². The van der Waals surface area contributed by atoms with Crippen LogP contribution in [0.1, 0.15) is 27.9 Å². The summed E-state index contributed by atoms with van der Waals surface area (Å²) < 4.78 is 0. The molecule has 0 fully saturated rings. The van der Waals surface area contributed by atoms with E-state index in [0.717, 1.165) is 31.5 Å². The second-order valence-corrected chi connectivity index (χ2v) is 6.47. The molecule has 0 radical (unpaired) electrons. The number of hydrogen-bond donors (Lipinski definition) is 2. The van der Waals surface area contributed by atoms with Gasteiger partial charge < -0.3 is 10.6 Å². The molecule has 4 heteroatoms. The van der Waals surface area contributed by atoms with Crippen LogP contribution < -0.4 is 10.6 Å². The molecule has 2 aromatic carbocycles. The lowest BCUT2D eigenvalue weighted by Gasteiger charge is -2.09. The summed E-state index contributed by atoms with van der Waals surface area (Å²) >= 11 is 0. The Kier molecular flexibility index (Phi) is 6.99. The molecular weight excluding hydrogens is 334 g/mol. The van der Waals surface area contributed by atoms with Crippen molar-refractivity contribution in [3.05, 3.63) is 95.8 Å². The Balaban J connectivity index is 1.42. The minimum Gasteiger partial charge on any atom is -0.384 e. The summed E-state index contributed by atoms with van der Waals surface area (Å²) in [6, 6.07) is 22.4. The van der Waals surface area contributed by atoms with Crippen LogP contribution in [0.5, 0.6) is 0 Å². The monoisotopic (exact) mass is 359 g/mol. The van der Waals surface area contributed by atoms with Gasteiger partial charge in [-0.3, -0.25) is 9.78 Å². The molecule has 0 unspecified atom stereocenters. The molecule has 0 spiro atoms.